The molecule has 2 aromatic carbocycles. The number of benzene rings is 2. The highest BCUT2D eigenvalue weighted by molar-refractivity contribution is 6.30. The van der Waals surface area contributed by atoms with Crippen molar-refractivity contribution in [3.05, 3.63) is 64.7 Å². The Bertz CT molecular complexity index is 745. The van der Waals surface area contributed by atoms with Crippen LogP contribution in [0.25, 0.3) is 0 Å². The monoisotopic (exact) mass is 374 g/mol. The lowest BCUT2D eigenvalue weighted by atomic mass is 10.1. The summed E-state index contributed by atoms with van der Waals surface area (Å²) in [5.41, 5.74) is 1.87. The van der Waals surface area contributed by atoms with Crippen molar-refractivity contribution in [2.24, 2.45) is 0 Å². The van der Waals surface area contributed by atoms with Gasteiger partial charge in [0.1, 0.15) is 11.8 Å². The molecule has 1 unspecified atom stereocenters. The number of halogens is 1. The van der Waals surface area contributed by atoms with Crippen LogP contribution in [-0.4, -0.2) is 29.9 Å². The molecule has 0 aliphatic rings. The SMILES string of the molecule is COc1ccc(CNC(=O)C(C)N(Cc2ccc(Cl)cc2)C(C)=O)cc1. The number of hydrogen-bond acceptors (Lipinski definition) is 3. The van der Waals surface area contributed by atoms with E-state index in [4.69, 9.17) is 16.3 Å². The van der Waals surface area contributed by atoms with Gasteiger partial charge in [-0.15, -0.1) is 0 Å². The molecule has 6 heteroatoms. The van der Waals surface area contributed by atoms with Crippen molar-refractivity contribution >= 4 is 23.4 Å². The molecule has 0 spiro atoms. The van der Waals surface area contributed by atoms with Gasteiger partial charge >= 0.3 is 0 Å². The average Bonchev–Trinajstić information content (AvgIpc) is 2.65. The minimum atomic E-state index is -0.582. The van der Waals surface area contributed by atoms with Crippen LogP contribution in [0.5, 0.6) is 5.75 Å². The number of ether oxygens (including phenoxy) is 1. The van der Waals surface area contributed by atoms with Gasteiger partial charge in [0.2, 0.25) is 11.8 Å². The molecule has 0 aliphatic carbocycles. The fourth-order valence-electron chi connectivity index (χ4n) is 2.53. The number of methoxy groups -OCH3 is 1. The molecule has 138 valence electrons. The Morgan fingerprint density at radius 3 is 2.19 bits per heavy atom. The number of nitrogens with one attached hydrogen (secondary N) is 1. The molecule has 2 aromatic rings. The van der Waals surface area contributed by atoms with Crippen molar-refractivity contribution in [3.63, 3.8) is 0 Å². The molecule has 2 amide bonds. The van der Waals surface area contributed by atoms with Crippen molar-refractivity contribution < 1.29 is 14.3 Å². The quantitative estimate of drug-likeness (QED) is 0.808. The molecule has 0 saturated carbocycles. The number of rotatable bonds is 7. The van der Waals surface area contributed by atoms with Crippen LogP contribution in [-0.2, 0) is 22.7 Å². The van der Waals surface area contributed by atoms with Crippen molar-refractivity contribution in [1.29, 1.82) is 0 Å². The van der Waals surface area contributed by atoms with Gasteiger partial charge in [-0.1, -0.05) is 35.9 Å². The molecular weight excluding hydrogens is 352 g/mol. The molecular formula is C20H23ClN2O3. The molecule has 5 nitrogen and oxygen atoms in total. The second-order valence-corrected chi connectivity index (χ2v) is 6.45. The van der Waals surface area contributed by atoms with Gasteiger partial charge in [0.15, 0.2) is 0 Å². The first-order valence-corrected chi connectivity index (χ1v) is 8.71. The van der Waals surface area contributed by atoms with Gasteiger partial charge < -0.3 is 15.0 Å². The zero-order valence-corrected chi connectivity index (χ0v) is 15.9. The number of nitrogens with zero attached hydrogens (tertiary/aromatic N) is 1. The fourth-order valence-corrected chi connectivity index (χ4v) is 2.66. The predicted octanol–water partition coefficient (Wildman–Crippen LogP) is 3.40. The Kier molecular flexibility index (Phi) is 7.04. The van der Waals surface area contributed by atoms with Gasteiger partial charge in [0.25, 0.3) is 0 Å². The maximum absolute atomic E-state index is 12.5. The summed E-state index contributed by atoms with van der Waals surface area (Å²) in [4.78, 5) is 26.0. The molecule has 1 atom stereocenters. The molecule has 0 radical (unpaired) electrons. The van der Waals surface area contributed by atoms with Gasteiger partial charge in [-0.05, 0) is 42.3 Å². The minimum absolute atomic E-state index is 0.160. The maximum atomic E-state index is 12.5. The Morgan fingerprint density at radius 2 is 1.65 bits per heavy atom. The average molecular weight is 375 g/mol. The Morgan fingerprint density at radius 1 is 1.08 bits per heavy atom. The van der Waals surface area contributed by atoms with Gasteiger partial charge in [0, 0.05) is 25.0 Å². The summed E-state index contributed by atoms with van der Waals surface area (Å²) in [7, 11) is 1.61. The molecule has 1 N–H and O–H groups in total. The molecule has 2 rings (SSSR count). The van der Waals surface area contributed by atoms with E-state index >= 15 is 0 Å². The summed E-state index contributed by atoms with van der Waals surface area (Å²) in [6, 6.07) is 14.1. The number of carbonyl (C=O) groups is 2. The molecule has 0 saturated heterocycles. The number of amides is 2. The Balaban J connectivity index is 1.97. The second kappa shape index (κ2) is 9.25. The second-order valence-electron chi connectivity index (χ2n) is 6.02. The van der Waals surface area contributed by atoms with Crippen molar-refractivity contribution in [3.8, 4) is 5.75 Å². The van der Waals surface area contributed by atoms with E-state index in [1.54, 1.807) is 26.2 Å². The highest BCUT2D eigenvalue weighted by Gasteiger charge is 2.23. The van der Waals surface area contributed by atoms with E-state index in [0.717, 1.165) is 16.9 Å². The lowest BCUT2D eigenvalue weighted by molar-refractivity contribution is -0.139. The van der Waals surface area contributed by atoms with Crippen LogP contribution in [0.15, 0.2) is 48.5 Å². The van der Waals surface area contributed by atoms with Crippen LogP contribution >= 0.6 is 11.6 Å². The molecule has 0 heterocycles. The van der Waals surface area contributed by atoms with Gasteiger partial charge in [-0.25, -0.2) is 0 Å². The van der Waals surface area contributed by atoms with E-state index in [9.17, 15) is 9.59 Å². The Hall–Kier alpha value is -2.53. The largest absolute Gasteiger partial charge is 0.497 e. The van der Waals surface area contributed by atoms with E-state index in [2.05, 4.69) is 5.32 Å². The zero-order valence-electron chi connectivity index (χ0n) is 15.2. The summed E-state index contributed by atoms with van der Waals surface area (Å²) in [5, 5.41) is 3.50. The van der Waals surface area contributed by atoms with Gasteiger partial charge in [-0.3, -0.25) is 9.59 Å². The van der Waals surface area contributed by atoms with Crippen LogP contribution in [0.4, 0.5) is 0 Å². The lowest BCUT2D eigenvalue weighted by Gasteiger charge is -2.27. The molecule has 0 fully saturated rings. The summed E-state index contributed by atoms with van der Waals surface area (Å²) >= 11 is 5.89. The van der Waals surface area contributed by atoms with Gasteiger partial charge in [-0.2, -0.15) is 0 Å². The van der Waals surface area contributed by atoms with E-state index in [-0.39, 0.29) is 11.8 Å². The molecule has 0 aliphatic heterocycles. The van der Waals surface area contributed by atoms with Crippen molar-refractivity contribution in [1.82, 2.24) is 10.2 Å². The standard InChI is InChI=1S/C20H23ClN2O3/c1-14(20(25)22-12-16-6-10-19(26-3)11-7-16)23(15(2)24)13-17-4-8-18(21)9-5-17/h4-11,14H,12-13H2,1-3H3,(H,22,25). The summed E-state index contributed by atoms with van der Waals surface area (Å²) in [5.74, 6) is 0.399. The first-order chi connectivity index (χ1) is 12.4. The summed E-state index contributed by atoms with van der Waals surface area (Å²) < 4.78 is 5.11. The predicted molar refractivity (Wildman–Crippen MR) is 102 cm³/mol. The third-order valence-electron chi connectivity index (χ3n) is 4.14. The molecule has 0 aromatic heterocycles. The number of hydrogen-bond donors (Lipinski definition) is 1. The number of carbonyl (C=O) groups excluding carboxylic acids is 2. The molecule has 26 heavy (non-hydrogen) atoms. The highest BCUT2D eigenvalue weighted by Crippen LogP contribution is 2.14. The lowest BCUT2D eigenvalue weighted by Crippen LogP contribution is -2.46. The van der Waals surface area contributed by atoms with Crippen LogP contribution in [0.1, 0.15) is 25.0 Å². The minimum Gasteiger partial charge on any atom is -0.497 e. The summed E-state index contributed by atoms with van der Waals surface area (Å²) in [6.07, 6.45) is 0. The van der Waals surface area contributed by atoms with E-state index in [0.29, 0.717) is 18.1 Å². The normalized spacial score (nSPS) is 11.5. The molecule has 0 bridgehead atoms. The van der Waals surface area contributed by atoms with E-state index in [1.165, 1.54) is 11.8 Å². The highest BCUT2D eigenvalue weighted by atomic mass is 35.5. The van der Waals surface area contributed by atoms with Crippen molar-refractivity contribution in [2.75, 3.05) is 7.11 Å². The zero-order chi connectivity index (χ0) is 19.1. The third-order valence-corrected chi connectivity index (χ3v) is 4.40. The van der Waals surface area contributed by atoms with Crippen LogP contribution in [0, 0.1) is 0 Å². The van der Waals surface area contributed by atoms with Crippen LogP contribution in [0.3, 0.4) is 0 Å². The smallest absolute Gasteiger partial charge is 0.242 e. The van der Waals surface area contributed by atoms with Crippen LogP contribution in [0.2, 0.25) is 5.02 Å². The maximum Gasteiger partial charge on any atom is 0.242 e. The first-order valence-electron chi connectivity index (χ1n) is 8.33. The topological polar surface area (TPSA) is 58.6 Å². The van der Waals surface area contributed by atoms with Gasteiger partial charge in [0.05, 0.1) is 7.11 Å². The summed E-state index contributed by atoms with van der Waals surface area (Å²) in [6.45, 7) is 3.92. The first kappa shape index (κ1) is 19.8. The van der Waals surface area contributed by atoms with E-state index < -0.39 is 6.04 Å². The van der Waals surface area contributed by atoms with E-state index in [1.807, 2.05) is 36.4 Å². The fraction of sp³-hybridized carbons (Fsp3) is 0.300. The Labute approximate surface area is 158 Å². The van der Waals surface area contributed by atoms with Crippen LogP contribution < -0.4 is 10.1 Å². The van der Waals surface area contributed by atoms with Crippen molar-refractivity contribution in [2.45, 2.75) is 33.0 Å². The third kappa shape index (κ3) is 5.49.